The topological polar surface area (TPSA) is 54.4 Å². The highest BCUT2D eigenvalue weighted by Gasteiger charge is 2.17. The van der Waals surface area contributed by atoms with Crippen LogP contribution in [-0.4, -0.2) is 13.0 Å². The molecule has 3 nitrogen and oxygen atoms in total. The van der Waals surface area contributed by atoms with Gasteiger partial charge in [0, 0.05) is 10.5 Å². The number of benzene rings is 4. The Morgan fingerprint density at radius 3 is 1.50 bits per heavy atom. The molecule has 4 aromatic rings. The van der Waals surface area contributed by atoms with E-state index in [0.29, 0.717) is 0 Å². The first kappa shape index (κ1) is 29.7. The predicted molar refractivity (Wildman–Crippen MR) is 163 cm³/mol. The van der Waals surface area contributed by atoms with Gasteiger partial charge in [0.1, 0.15) is 0 Å². The van der Waals surface area contributed by atoms with Gasteiger partial charge in [0.15, 0.2) is 0 Å². The maximum absolute atomic E-state index is 10.5. The Morgan fingerprint density at radius 2 is 1.08 bits per heavy atom. The summed E-state index contributed by atoms with van der Waals surface area (Å²) < 4.78 is 29.6. The summed E-state index contributed by atoms with van der Waals surface area (Å²) in [7, 11) is -4.02. The summed E-state index contributed by atoms with van der Waals surface area (Å²) in [6.07, 6.45) is 0. The van der Waals surface area contributed by atoms with E-state index in [1.165, 1.54) is 45.5 Å². The van der Waals surface area contributed by atoms with Gasteiger partial charge < -0.3 is 0 Å². The van der Waals surface area contributed by atoms with E-state index in [4.69, 9.17) is 17.2 Å². The van der Waals surface area contributed by atoms with E-state index in [2.05, 4.69) is 108 Å². The van der Waals surface area contributed by atoms with Gasteiger partial charge >= 0.3 is 0 Å². The second kappa shape index (κ2) is 11.5. The average Bonchev–Trinajstić information content (AvgIpc) is 2.83. The Morgan fingerprint density at radius 1 is 0.632 bits per heavy atom. The lowest BCUT2D eigenvalue weighted by Crippen LogP contribution is -2.10. The molecule has 0 aliphatic carbocycles. The molecule has 38 heavy (non-hydrogen) atoms. The van der Waals surface area contributed by atoms with Crippen LogP contribution >= 0.6 is 12.6 Å². The second-order valence-electron chi connectivity index (χ2n) is 11.6. The molecule has 5 heteroatoms. The second-order valence-corrected chi connectivity index (χ2v) is 13.5. The highest BCUT2D eigenvalue weighted by atomic mass is 32.2. The summed E-state index contributed by atoms with van der Waals surface area (Å²) >= 11 is 4.78. The van der Waals surface area contributed by atoms with E-state index in [1.807, 2.05) is 6.92 Å². The third-order valence-electron chi connectivity index (χ3n) is 6.46. The molecule has 4 aromatic carbocycles. The molecule has 1 N–H and O–H groups in total. The van der Waals surface area contributed by atoms with E-state index < -0.39 is 10.1 Å². The zero-order valence-electron chi connectivity index (χ0n) is 23.3. The molecule has 0 aliphatic rings. The highest BCUT2D eigenvalue weighted by molar-refractivity contribution is 7.85. The zero-order valence-corrected chi connectivity index (χ0v) is 25.0. The van der Waals surface area contributed by atoms with Crippen LogP contribution in [-0.2, 0) is 20.9 Å². The Bertz CT molecular complexity index is 1470. The van der Waals surface area contributed by atoms with Gasteiger partial charge in [0.2, 0.25) is 0 Å². The van der Waals surface area contributed by atoms with Crippen LogP contribution in [0.2, 0.25) is 0 Å². The van der Waals surface area contributed by atoms with Crippen LogP contribution in [0.4, 0.5) is 0 Å². The van der Waals surface area contributed by atoms with Crippen molar-refractivity contribution in [2.45, 2.75) is 69.1 Å². The van der Waals surface area contributed by atoms with Crippen LogP contribution in [0.5, 0.6) is 0 Å². The van der Waals surface area contributed by atoms with Gasteiger partial charge in [-0.15, -0.1) is 12.6 Å². The molecule has 0 fully saturated rings. The van der Waals surface area contributed by atoms with Crippen LogP contribution in [0.1, 0.15) is 58.2 Å². The SMILES string of the molecule is CC(C)(C)c1ccc(-c2cccc(S)c2-c2ccc(C(C)(C)C)cc2)cc1.Cc1ccc(S(=O)(=O)O)cc1. The molecule has 0 saturated heterocycles. The van der Waals surface area contributed by atoms with Crippen molar-refractivity contribution >= 4 is 22.7 Å². The Hall–Kier alpha value is -2.86. The maximum atomic E-state index is 10.5. The van der Waals surface area contributed by atoms with Crippen molar-refractivity contribution in [3.8, 4) is 22.3 Å². The van der Waals surface area contributed by atoms with Gasteiger partial charge in [0.25, 0.3) is 10.1 Å². The number of hydrogen-bond donors (Lipinski definition) is 2. The van der Waals surface area contributed by atoms with Gasteiger partial charge in [-0.3, -0.25) is 4.55 Å². The van der Waals surface area contributed by atoms with Crippen molar-refractivity contribution in [3.05, 3.63) is 108 Å². The average molecular weight is 547 g/mol. The van der Waals surface area contributed by atoms with Gasteiger partial charge in [-0.25, -0.2) is 0 Å². The lowest BCUT2D eigenvalue weighted by Gasteiger charge is -2.21. The third-order valence-corrected chi connectivity index (χ3v) is 7.70. The molecule has 0 bridgehead atoms. The molecule has 4 rings (SSSR count). The summed E-state index contributed by atoms with van der Waals surface area (Å²) in [5, 5.41) is 0. The van der Waals surface area contributed by atoms with Crippen molar-refractivity contribution < 1.29 is 13.0 Å². The minimum Gasteiger partial charge on any atom is -0.282 e. The van der Waals surface area contributed by atoms with Crippen LogP contribution in [0.25, 0.3) is 22.3 Å². The smallest absolute Gasteiger partial charge is 0.282 e. The van der Waals surface area contributed by atoms with Gasteiger partial charge in [-0.1, -0.05) is 120 Å². The van der Waals surface area contributed by atoms with Gasteiger partial charge in [-0.05, 0) is 63.8 Å². The normalized spacial score (nSPS) is 12.0. The first-order valence-electron chi connectivity index (χ1n) is 12.7. The van der Waals surface area contributed by atoms with Crippen LogP contribution < -0.4 is 0 Å². The first-order valence-corrected chi connectivity index (χ1v) is 14.5. The van der Waals surface area contributed by atoms with E-state index in [0.717, 1.165) is 10.5 Å². The molecule has 0 spiro atoms. The molecule has 0 amide bonds. The van der Waals surface area contributed by atoms with Gasteiger partial charge in [0.05, 0.1) is 4.90 Å². The maximum Gasteiger partial charge on any atom is 0.294 e. The summed E-state index contributed by atoms with van der Waals surface area (Å²) in [6.45, 7) is 15.3. The van der Waals surface area contributed by atoms with Crippen molar-refractivity contribution in [2.24, 2.45) is 0 Å². The minimum absolute atomic E-state index is 0.0666. The highest BCUT2D eigenvalue weighted by Crippen LogP contribution is 2.38. The van der Waals surface area contributed by atoms with Crippen molar-refractivity contribution in [2.75, 3.05) is 0 Å². The Balaban J connectivity index is 0.000000304. The van der Waals surface area contributed by atoms with E-state index in [9.17, 15) is 8.42 Å². The number of thiol groups is 1. The Kier molecular flexibility index (Phi) is 8.97. The standard InChI is InChI=1S/C26H30S.C7H8O3S/c1-25(2,3)20-14-10-18(11-15-20)22-8-7-9-23(27)24(22)19-12-16-21(17-13-19)26(4,5)6;1-6-2-4-7(5-3-6)11(8,9)10/h7-17,27H,1-6H3;2-5H,1H3,(H,8,9,10). The number of hydrogen-bond acceptors (Lipinski definition) is 3. The van der Waals surface area contributed by atoms with Crippen LogP contribution in [0.3, 0.4) is 0 Å². The number of rotatable bonds is 3. The molecule has 0 aliphatic heterocycles. The number of aryl methyl sites for hydroxylation is 1. The monoisotopic (exact) mass is 546 g/mol. The van der Waals surface area contributed by atoms with Gasteiger partial charge in [-0.2, -0.15) is 8.42 Å². The molecular weight excluding hydrogens is 508 g/mol. The van der Waals surface area contributed by atoms with Crippen molar-refractivity contribution in [1.82, 2.24) is 0 Å². The summed E-state index contributed by atoms with van der Waals surface area (Å²) in [4.78, 5) is 0.944. The quantitative estimate of drug-likeness (QED) is 0.199. The van der Waals surface area contributed by atoms with Crippen molar-refractivity contribution in [1.29, 1.82) is 0 Å². The first-order chi connectivity index (χ1) is 17.6. The Labute approximate surface area is 234 Å². The molecule has 0 unspecified atom stereocenters. The fourth-order valence-corrected chi connectivity index (χ4v) is 4.90. The summed E-state index contributed by atoms with van der Waals surface area (Å²) in [5.41, 5.74) is 8.84. The van der Waals surface area contributed by atoms with E-state index >= 15 is 0 Å². The van der Waals surface area contributed by atoms with E-state index in [1.54, 1.807) is 12.1 Å². The third kappa shape index (κ3) is 7.59. The van der Waals surface area contributed by atoms with Crippen LogP contribution in [0.15, 0.2) is 101 Å². The molecule has 0 saturated carbocycles. The molecule has 0 radical (unpaired) electrons. The fraction of sp³-hybridized carbons (Fsp3) is 0.273. The summed E-state index contributed by atoms with van der Waals surface area (Å²) in [6, 6.07) is 30.2. The zero-order chi connectivity index (χ0) is 28.3. The molecular formula is C33H38O3S2. The summed E-state index contributed by atoms with van der Waals surface area (Å²) in [5.74, 6) is 0. The molecule has 0 atom stereocenters. The predicted octanol–water partition coefficient (Wildman–Crippen LogP) is 9.15. The van der Waals surface area contributed by atoms with Crippen LogP contribution in [0, 0.1) is 6.92 Å². The van der Waals surface area contributed by atoms with Crippen molar-refractivity contribution in [3.63, 3.8) is 0 Å². The molecule has 200 valence electrons. The van der Waals surface area contributed by atoms with E-state index in [-0.39, 0.29) is 15.7 Å². The lowest BCUT2D eigenvalue weighted by atomic mass is 9.84. The fourth-order valence-electron chi connectivity index (χ4n) is 4.08. The lowest BCUT2D eigenvalue weighted by molar-refractivity contribution is 0.483. The molecule has 0 heterocycles. The minimum atomic E-state index is -4.02. The largest absolute Gasteiger partial charge is 0.294 e. The molecule has 0 aromatic heterocycles.